The molecule has 0 saturated heterocycles. The smallest absolute Gasteiger partial charge is 0.254 e. The minimum absolute atomic E-state index is 0.0223. The van der Waals surface area contributed by atoms with E-state index in [0.29, 0.717) is 12.1 Å². The van der Waals surface area contributed by atoms with Gasteiger partial charge in [0.25, 0.3) is 5.91 Å². The van der Waals surface area contributed by atoms with Gasteiger partial charge in [-0.1, -0.05) is 18.2 Å². The number of aromatic nitrogens is 1. The number of rotatable bonds is 3. The summed E-state index contributed by atoms with van der Waals surface area (Å²) in [6.45, 7) is 2.42. The molecule has 0 aliphatic heterocycles. The Balaban J connectivity index is 2.39. The van der Waals surface area contributed by atoms with Crippen LogP contribution in [0.4, 0.5) is 0 Å². The Labute approximate surface area is 106 Å². The standard InChI is InChI=1S/C14H17N3O/c1-10(15)9-17(2)14(18)12-7-8-16-13-6-4-3-5-11(12)13/h3-8,10H,9,15H2,1-2H3. The predicted molar refractivity (Wildman–Crippen MR) is 72.4 cm³/mol. The van der Waals surface area contributed by atoms with Crippen LogP contribution in [0.1, 0.15) is 17.3 Å². The Bertz CT molecular complexity index is 560. The topological polar surface area (TPSA) is 59.2 Å². The van der Waals surface area contributed by atoms with Crippen molar-refractivity contribution in [1.29, 1.82) is 0 Å². The Kier molecular flexibility index (Phi) is 3.58. The normalized spacial score (nSPS) is 12.4. The van der Waals surface area contributed by atoms with Gasteiger partial charge < -0.3 is 10.6 Å². The zero-order valence-electron chi connectivity index (χ0n) is 10.6. The van der Waals surface area contributed by atoms with Gasteiger partial charge in [0.2, 0.25) is 0 Å². The lowest BCUT2D eigenvalue weighted by molar-refractivity contribution is 0.0790. The van der Waals surface area contributed by atoms with E-state index < -0.39 is 0 Å². The molecule has 4 nitrogen and oxygen atoms in total. The number of carbonyl (C=O) groups excluding carboxylic acids is 1. The van der Waals surface area contributed by atoms with Crippen molar-refractivity contribution >= 4 is 16.8 Å². The number of fused-ring (bicyclic) bond motifs is 1. The summed E-state index contributed by atoms with van der Waals surface area (Å²) in [5, 5.41) is 0.876. The van der Waals surface area contributed by atoms with Crippen molar-refractivity contribution in [1.82, 2.24) is 9.88 Å². The maximum Gasteiger partial charge on any atom is 0.254 e. The summed E-state index contributed by atoms with van der Waals surface area (Å²) in [6, 6.07) is 9.35. The van der Waals surface area contributed by atoms with E-state index in [2.05, 4.69) is 4.98 Å². The van der Waals surface area contributed by atoms with Crippen LogP contribution in [0.3, 0.4) is 0 Å². The molecule has 0 aliphatic rings. The Morgan fingerprint density at radius 2 is 2.11 bits per heavy atom. The van der Waals surface area contributed by atoms with Gasteiger partial charge >= 0.3 is 0 Å². The third-order valence-electron chi connectivity index (χ3n) is 2.79. The van der Waals surface area contributed by atoms with E-state index in [0.717, 1.165) is 10.9 Å². The number of hydrogen-bond donors (Lipinski definition) is 1. The second-order valence-electron chi connectivity index (χ2n) is 4.54. The molecule has 1 atom stereocenters. The molecule has 1 aromatic heterocycles. The summed E-state index contributed by atoms with van der Waals surface area (Å²) in [4.78, 5) is 18.2. The van der Waals surface area contributed by atoms with Crippen LogP contribution in [0.15, 0.2) is 36.5 Å². The largest absolute Gasteiger partial charge is 0.340 e. The highest BCUT2D eigenvalue weighted by atomic mass is 16.2. The van der Waals surface area contributed by atoms with Gasteiger partial charge in [0.05, 0.1) is 11.1 Å². The molecular formula is C14H17N3O. The monoisotopic (exact) mass is 243 g/mol. The van der Waals surface area contributed by atoms with E-state index in [4.69, 9.17) is 5.73 Å². The number of amides is 1. The van der Waals surface area contributed by atoms with Crippen LogP contribution in [0.5, 0.6) is 0 Å². The van der Waals surface area contributed by atoms with Gasteiger partial charge in [0.1, 0.15) is 0 Å². The van der Waals surface area contributed by atoms with E-state index in [9.17, 15) is 4.79 Å². The Morgan fingerprint density at radius 3 is 2.83 bits per heavy atom. The van der Waals surface area contributed by atoms with Gasteiger partial charge in [-0.2, -0.15) is 0 Å². The van der Waals surface area contributed by atoms with Crippen molar-refractivity contribution in [2.45, 2.75) is 13.0 Å². The Hall–Kier alpha value is -1.94. The molecule has 2 rings (SSSR count). The number of benzene rings is 1. The summed E-state index contributed by atoms with van der Waals surface area (Å²) in [6.07, 6.45) is 1.66. The van der Waals surface area contributed by atoms with Crippen molar-refractivity contribution in [3.8, 4) is 0 Å². The average molecular weight is 243 g/mol. The van der Waals surface area contributed by atoms with Gasteiger partial charge in [-0.3, -0.25) is 9.78 Å². The molecule has 0 saturated carbocycles. The SMILES string of the molecule is CC(N)CN(C)C(=O)c1ccnc2ccccc12. The van der Waals surface area contributed by atoms with E-state index >= 15 is 0 Å². The molecule has 4 heteroatoms. The van der Waals surface area contributed by atoms with Gasteiger partial charge in [-0.05, 0) is 19.1 Å². The molecule has 1 aromatic carbocycles. The van der Waals surface area contributed by atoms with E-state index in [-0.39, 0.29) is 11.9 Å². The average Bonchev–Trinajstić information content (AvgIpc) is 2.36. The number of hydrogen-bond acceptors (Lipinski definition) is 3. The van der Waals surface area contributed by atoms with Crippen LogP contribution in [0, 0.1) is 0 Å². The number of para-hydroxylation sites is 1. The van der Waals surface area contributed by atoms with Gasteiger partial charge in [0, 0.05) is 31.2 Å². The van der Waals surface area contributed by atoms with Crippen molar-refractivity contribution in [3.05, 3.63) is 42.1 Å². The molecule has 2 N–H and O–H groups in total. The molecule has 2 aromatic rings. The van der Waals surface area contributed by atoms with Crippen LogP contribution in [-0.4, -0.2) is 35.4 Å². The molecule has 1 unspecified atom stereocenters. The molecule has 0 fully saturated rings. The van der Waals surface area contributed by atoms with Gasteiger partial charge in [0.15, 0.2) is 0 Å². The lowest BCUT2D eigenvalue weighted by Gasteiger charge is -2.20. The lowest BCUT2D eigenvalue weighted by atomic mass is 10.1. The first-order valence-corrected chi connectivity index (χ1v) is 5.94. The fourth-order valence-corrected chi connectivity index (χ4v) is 2.00. The maximum atomic E-state index is 12.3. The quantitative estimate of drug-likeness (QED) is 0.891. The second kappa shape index (κ2) is 5.14. The summed E-state index contributed by atoms with van der Waals surface area (Å²) in [5.41, 5.74) is 7.22. The zero-order chi connectivity index (χ0) is 13.1. The summed E-state index contributed by atoms with van der Waals surface area (Å²) in [5.74, 6) is -0.0223. The highest BCUT2D eigenvalue weighted by Crippen LogP contribution is 2.17. The van der Waals surface area contributed by atoms with E-state index in [1.54, 1.807) is 24.2 Å². The number of nitrogens with two attached hydrogens (primary N) is 1. The van der Waals surface area contributed by atoms with Crippen LogP contribution in [0.2, 0.25) is 0 Å². The number of nitrogens with zero attached hydrogens (tertiary/aromatic N) is 2. The fraction of sp³-hybridized carbons (Fsp3) is 0.286. The van der Waals surface area contributed by atoms with E-state index in [1.165, 1.54) is 0 Å². The fourth-order valence-electron chi connectivity index (χ4n) is 2.00. The minimum Gasteiger partial charge on any atom is -0.340 e. The van der Waals surface area contributed by atoms with Crippen LogP contribution in [0.25, 0.3) is 10.9 Å². The molecule has 18 heavy (non-hydrogen) atoms. The second-order valence-corrected chi connectivity index (χ2v) is 4.54. The maximum absolute atomic E-state index is 12.3. The number of pyridine rings is 1. The summed E-state index contributed by atoms with van der Waals surface area (Å²) in [7, 11) is 1.76. The highest BCUT2D eigenvalue weighted by Gasteiger charge is 2.15. The first kappa shape index (κ1) is 12.5. The van der Waals surface area contributed by atoms with Gasteiger partial charge in [-0.15, -0.1) is 0 Å². The lowest BCUT2D eigenvalue weighted by Crippen LogP contribution is -2.37. The molecular weight excluding hydrogens is 226 g/mol. The van der Waals surface area contributed by atoms with Crippen molar-refractivity contribution < 1.29 is 4.79 Å². The number of carbonyl (C=O) groups is 1. The first-order chi connectivity index (χ1) is 8.59. The first-order valence-electron chi connectivity index (χ1n) is 5.94. The van der Waals surface area contributed by atoms with Crippen LogP contribution < -0.4 is 5.73 Å². The predicted octanol–water partition coefficient (Wildman–Crippen LogP) is 1.65. The molecule has 1 heterocycles. The Morgan fingerprint density at radius 1 is 1.39 bits per heavy atom. The minimum atomic E-state index is -0.0351. The van der Waals surface area contributed by atoms with Crippen molar-refractivity contribution in [3.63, 3.8) is 0 Å². The molecule has 94 valence electrons. The number of likely N-dealkylation sites (N-methyl/N-ethyl adjacent to an activating group) is 1. The zero-order valence-corrected chi connectivity index (χ0v) is 10.6. The van der Waals surface area contributed by atoms with Crippen LogP contribution >= 0.6 is 0 Å². The molecule has 1 amide bonds. The highest BCUT2D eigenvalue weighted by molar-refractivity contribution is 6.05. The third-order valence-corrected chi connectivity index (χ3v) is 2.79. The van der Waals surface area contributed by atoms with E-state index in [1.807, 2.05) is 31.2 Å². The van der Waals surface area contributed by atoms with Crippen molar-refractivity contribution in [2.24, 2.45) is 5.73 Å². The molecule has 0 radical (unpaired) electrons. The molecule has 0 aliphatic carbocycles. The van der Waals surface area contributed by atoms with Crippen molar-refractivity contribution in [2.75, 3.05) is 13.6 Å². The molecule has 0 spiro atoms. The third kappa shape index (κ3) is 2.49. The van der Waals surface area contributed by atoms with Gasteiger partial charge in [-0.25, -0.2) is 0 Å². The summed E-state index contributed by atoms with van der Waals surface area (Å²) >= 11 is 0. The molecule has 0 bridgehead atoms. The van der Waals surface area contributed by atoms with Crippen LogP contribution in [-0.2, 0) is 0 Å². The summed E-state index contributed by atoms with van der Waals surface area (Å²) < 4.78 is 0.